The molecule has 5 heteroatoms. The molecule has 1 aliphatic carbocycles. The van der Waals surface area contributed by atoms with E-state index in [4.69, 9.17) is 10.9 Å². The van der Waals surface area contributed by atoms with E-state index in [0.29, 0.717) is 19.4 Å². The summed E-state index contributed by atoms with van der Waals surface area (Å²) in [4.78, 5) is 12.2. The summed E-state index contributed by atoms with van der Waals surface area (Å²) in [6, 6.07) is 0. The average molecular weight is 241 g/mol. The minimum Gasteiger partial charge on any atom is -0.409 e. The van der Waals surface area contributed by atoms with Crippen LogP contribution in [0.5, 0.6) is 0 Å². The molecule has 1 saturated carbocycles. The second-order valence-corrected chi connectivity index (χ2v) is 5.27. The number of rotatable bonds is 6. The number of carbonyl (C=O) groups excluding carboxylic acids is 1. The number of hydrogen-bond acceptors (Lipinski definition) is 3. The van der Waals surface area contributed by atoms with Gasteiger partial charge in [0.2, 0.25) is 5.91 Å². The van der Waals surface area contributed by atoms with Gasteiger partial charge in [-0.05, 0) is 31.1 Å². The molecule has 0 unspecified atom stereocenters. The lowest BCUT2D eigenvalue weighted by molar-refractivity contribution is -0.128. The van der Waals surface area contributed by atoms with Gasteiger partial charge >= 0.3 is 0 Å². The van der Waals surface area contributed by atoms with Crippen molar-refractivity contribution < 1.29 is 10.0 Å². The van der Waals surface area contributed by atoms with Crippen LogP contribution >= 0.6 is 0 Å². The van der Waals surface area contributed by atoms with Crippen molar-refractivity contribution in [2.75, 3.05) is 6.54 Å². The van der Waals surface area contributed by atoms with Gasteiger partial charge in [0.05, 0.1) is 0 Å². The van der Waals surface area contributed by atoms with Gasteiger partial charge in [-0.3, -0.25) is 4.79 Å². The average Bonchev–Trinajstić information content (AvgIpc) is 3.07. The molecule has 0 saturated heterocycles. The quantitative estimate of drug-likeness (QED) is 0.285. The smallest absolute Gasteiger partial charge is 0.233 e. The maximum Gasteiger partial charge on any atom is 0.233 e. The zero-order valence-corrected chi connectivity index (χ0v) is 10.9. The third-order valence-corrected chi connectivity index (χ3v) is 4.02. The van der Waals surface area contributed by atoms with Gasteiger partial charge < -0.3 is 16.3 Å². The normalized spacial score (nSPS) is 18.9. The van der Waals surface area contributed by atoms with Crippen molar-refractivity contribution in [2.45, 2.75) is 46.5 Å². The fourth-order valence-corrected chi connectivity index (χ4v) is 2.00. The molecule has 0 atom stereocenters. The van der Waals surface area contributed by atoms with Crippen molar-refractivity contribution in [3.05, 3.63) is 0 Å². The highest BCUT2D eigenvalue weighted by molar-refractivity contribution is 6.06. The molecule has 0 spiro atoms. The fraction of sp³-hybridized carbons (Fsp3) is 0.833. The molecule has 5 nitrogen and oxygen atoms in total. The molecule has 0 bridgehead atoms. The second-order valence-electron chi connectivity index (χ2n) is 5.27. The topological polar surface area (TPSA) is 87.7 Å². The van der Waals surface area contributed by atoms with Crippen LogP contribution in [0.2, 0.25) is 0 Å². The van der Waals surface area contributed by atoms with Gasteiger partial charge in [0, 0.05) is 6.54 Å². The molecule has 98 valence electrons. The molecule has 0 aromatic rings. The molecule has 0 aromatic heterocycles. The van der Waals surface area contributed by atoms with Crippen molar-refractivity contribution in [2.24, 2.45) is 21.7 Å². The van der Waals surface area contributed by atoms with E-state index in [1.807, 2.05) is 13.8 Å². The molecule has 0 heterocycles. The molecular weight excluding hydrogens is 218 g/mol. The summed E-state index contributed by atoms with van der Waals surface area (Å²) in [7, 11) is 0. The summed E-state index contributed by atoms with van der Waals surface area (Å²) < 4.78 is 0. The van der Waals surface area contributed by atoms with Gasteiger partial charge in [-0.2, -0.15) is 0 Å². The van der Waals surface area contributed by atoms with Crippen LogP contribution in [0.1, 0.15) is 46.5 Å². The first-order valence-electron chi connectivity index (χ1n) is 6.20. The van der Waals surface area contributed by atoms with Gasteiger partial charge in [0.25, 0.3) is 0 Å². The predicted molar refractivity (Wildman–Crippen MR) is 66.8 cm³/mol. The van der Waals surface area contributed by atoms with Crippen LogP contribution in [0.15, 0.2) is 5.16 Å². The number of amides is 1. The SMILES string of the molecule is CCC(CC)(C(=O)NCC1(C)CC1)C(N)=NO. The molecule has 1 amide bonds. The third kappa shape index (κ3) is 2.70. The second kappa shape index (κ2) is 4.94. The van der Waals surface area contributed by atoms with Crippen molar-refractivity contribution in [1.29, 1.82) is 0 Å². The fourth-order valence-electron chi connectivity index (χ4n) is 2.00. The summed E-state index contributed by atoms with van der Waals surface area (Å²) in [5.41, 5.74) is 5.05. The number of nitrogens with zero attached hydrogens (tertiary/aromatic N) is 1. The summed E-state index contributed by atoms with van der Waals surface area (Å²) >= 11 is 0. The molecule has 1 fully saturated rings. The zero-order valence-electron chi connectivity index (χ0n) is 10.9. The zero-order chi connectivity index (χ0) is 13.1. The maximum absolute atomic E-state index is 12.2. The first kappa shape index (κ1) is 13.8. The van der Waals surface area contributed by atoms with E-state index in [1.54, 1.807) is 0 Å². The van der Waals surface area contributed by atoms with Gasteiger partial charge in [-0.15, -0.1) is 0 Å². The summed E-state index contributed by atoms with van der Waals surface area (Å²) in [5.74, 6) is -0.133. The van der Waals surface area contributed by atoms with Crippen LogP contribution in [-0.4, -0.2) is 23.5 Å². The lowest BCUT2D eigenvalue weighted by Gasteiger charge is -2.29. The first-order chi connectivity index (χ1) is 7.94. The number of nitrogens with two attached hydrogens (primary N) is 1. The minimum absolute atomic E-state index is 0.000880. The predicted octanol–water partition coefficient (Wildman–Crippen LogP) is 1.46. The van der Waals surface area contributed by atoms with Crippen molar-refractivity contribution >= 4 is 11.7 Å². The van der Waals surface area contributed by atoms with Crippen molar-refractivity contribution in [3.63, 3.8) is 0 Å². The first-order valence-corrected chi connectivity index (χ1v) is 6.20. The molecule has 1 rings (SSSR count). The van der Waals surface area contributed by atoms with E-state index in [2.05, 4.69) is 17.4 Å². The Bertz CT molecular complexity index is 318. The molecule has 17 heavy (non-hydrogen) atoms. The number of oxime groups is 1. The van der Waals surface area contributed by atoms with Crippen molar-refractivity contribution in [1.82, 2.24) is 5.32 Å². The number of hydrogen-bond donors (Lipinski definition) is 3. The van der Waals surface area contributed by atoms with E-state index in [9.17, 15) is 4.79 Å². The number of nitrogens with one attached hydrogen (secondary N) is 1. The van der Waals surface area contributed by atoms with Crippen LogP contribution in [0.3, 0.4) is 0 Å². The Labute approximate surface area is 102 Å². The Balaban J connectivity index is 2.72. The summed E-state index contributed by atoms with van der Waals surface area (Å²) in [6.07, 6.45) is 3.37. The highest BCUT2D eigenvalue weighted by atomic mass is 16.4. The number of carbonyl (C=O) groups is 1. The Morgan fingerprint density at radius 1 is 1.47 bits per heavy atom. The highest BCUT2D eigenvalue weighted by Crippen LogP contribution is 2.44. The standard InChI is InChI=1S/C12H23N3O2/c1-4-12(5-2,9(13)15-17)10(16)14-8-11(3)6-7-11/h17H,4-8H2,1-3H3,(H2,13,15)(H,14,16). The lowest BCUT2D eigenvalue weighted by Crippen LogP contribution is -2.50. The summed E-state index contributed by atoms with van der Waals surface area (Å²) in [5, 5.41) is 14.8. The van der Waals surface area contributed by atoms with Crippen LogP contribution < -0.4 is 11.1 Å². The van der Waals surface area contributed by atoms with Crippen LogP contribution in [0.4, 0.5) is 0 Å². The molecular formula is C12H23N3O2. The molecule has 0 radical (unpaired) electrons. The summed E-state index contributed by atoms with van der Waals surface area (Å²) in [6.45, 7) is 6.57. The van der Waals surface area contributed by atoms with Gasteiger partial charge in [0.1, 0.15) is 5.41 Å². The van der Waals surface area contributed by atoms with Crippen LogP contribution in [0.25, 0.3) is 0 Å². The molecule has 0 aromatic carbocycles. The van der Waals surface area contributed by atoms with Crippen LogP contribution in [0, 0.1) is 10.8 Å². The van der Waals surface area contributed by atoms with Gasteiger partial charge in [-0.25, -0.2) is 0 Å². The van der Waals surface area contributed by atoms with Gasteiger partial charge in [0.15, 0.2) is 5.84 Å². The Hall–Kier alpha value is -1.26. The number of amidine groups is 1. The Morgan fingerprint density at radius 3 is 2.35 bits per heavy atom. The van der Waals surface area contributed by atoms with E-state index in [-0.39, 0.29) is 17.2 Å². The maximum atomic E-state index is 12.2. The van der Waals surface area contributed by atoms with Gasteiger partial charge in [-0.1, -0.05) is 25.9 Å². The Morgan fingerprint density at radius 2 is 2.00 bits per heavy atom. The molecule has 4 N–H and O–H groups in total. The Kier molecular flexibility index (Phi) is 4.01. The highest BCUT2D eigenvalue weighted by Gasteiger charge is 2.42. The third-order valence-electron chi connectivity index (χ3n) is 4.02. The lowest BCUT2D eigenvalue weighted by atomic mass is 9.80. The van der Waals surface area contributed by atoms with Crippen LogP contribution in [-0.2, 0) is 4.79 Å². The van der Waals surface area contributed by atoms with E-state index >= 15 is 0 Å². The van der Waals surface area contributed by atoms with E-state index in [0.717, 1.165) is 12.8 Å². The van der Waals surface area contributed by atoms with E-state index < -0.39 is 5.41 Å². The molecule has 1 aliphatic rings. The largest absolute Gasteiger partial charge is 0.409 e. The monoisotopic (exact) mass is 241 g/mol. The van der Waals surface area contributed by atoms with E-state index in [1.165, 1.54) is 0 Å². The minimum atomic E-state index is -0.875. The molecule has 0 aliphatic heterocycles. The van der Waals surface area contributed by atoms with Crippen molar-refractivity contribution in [3.8, 4) is 0 Å².